The highest BCUT2D eigenvalue weighted by molar-refractivity contribution is 5.83. The molecule has 1 aromatic heterocycles. The summed E-state index contributed by atoms with van der Waals surface area (Å²) in [5.74, 6) is 1.87. The van der Waals surface area contributed by atoms with Gasteiger partial charge in [0, 0.05) is 32.5 Å². The molecule has 48 heavy (non-hydrogen) atoms. The van der Waals surface area contributed by atoms with Crippen molar-refractivity contribution >= 4 is 34.7 Å². The molecule has 0 atom stereocenters. The number of amides is 2. The summed E-state index contributed by atoms with van der Waals surface area (Å²) in [6.45, 7) is 14.9. The summed E-state index contributed by atoms with van der Waals surface area (Å²) in [5.41, 5.74) is 1.32. The van der Waals surface area contributed by atoms with Crippen molar-refractivity contribution in [3.05, 3.63) is 59.7 Å². The first kappa shape index (κ1) is 34.5. The first-order chi connectivity index (χ1) is 23.0. The largest absolute Gasteiger partial charge is 0.490 e. The highest BCUT2D eigenvalue weighted by Crippen LogP contribution is 2.29. The van der Waals surface area contributed by atoms with Gasteiger partial charge in [0.2, 0.25) is 5.91 Å². The number of fused-ring (bicyclic) bond motifs is 1. The van der Waals surface area contributed by atoms with Crippen LogP contribution < -0.4 is 14.8 Å². The number of methoxy groups -OCH3 is 1. The van der Waals surface area contributed by atoms with E-state index in [1.165, 1.54) is 7.11 Å². The minimum absolute atomic E-state index is 0.00302. The number of nitrogens with zero attached hydrogens (tertiary/aromatic N) is 4. The van der Waals surface area contributed by atoms with E-state index in [-0.39, 0.29) is 43.1 Å². The van der Waals surface area contributed by atoms with E-state index in [2.05, 4.69) is 10.2 Å². The van der Waals surface area contributed by atoms with Crippen molar-refractivity contribution in [1.82, 2.24) is 19.8 Å². The van der Waals surface area contributed by atoms with Crippen LogP contribution in [0.15, 0.2) is 42.5 Å². The molecule has 1 saturated heterocycles. The number of ether oxygens (including phenoxy) is 4. The van der Waals surface area contributed by atoms with E-state index < -0.39 is 5.60 Å². The maximum absolute atomic E-state index is 13.1. The van der Waals surface area contributed by atoms with Crippen molar-refractivity contribution in [3.63, 3.8) is 0 Å². The number of nitrogens with one attached hydrogen (secondary N) is 1. The van der Waals surface area contributed by atoms with Gasteiger partial charge in [0.05, 0.1) is 30.6 Å². The fourth-order valence-corrected chi connectivity index (χ4v) is 6.19. The smallest absolute Gasteiger partial charge is 0.410 e. The van der Waals surface area contributed by atoms with Crippen LogP contribution in [0.5, 0.6) is 11.5 Å². The molecule has 2 amide bonds. The summed E-state index contributed by atoms with van der Waals surface area (Å²) < 4.78 is 24.5. The topological polar surface area (TPSA) is 126 Å². The lowest BCUT2D eigenvalue weighted by Gasteiger charge is -2.33. The molecule has 3 aromatic rings. The molecule has 1 N–H and O–H groups in total. The van der Waals surface area contributed by atoms with Crippen molar-refractivity contribution in [2.24, 2.45) is 11.8 Å². The van der Waals surface area contributed by atoms with E-state index in [4.69, 9.17) is 30.5 Å². The van der Waals surface area contributed by atoms with E-state index in [1.54, 1.807) is 17.0 Å². The Balaban J connectivity index is 1.15. The predicted octanol–water partition coefficient (Wildman–Crippen LogP) is 6.04. The number of hydrogen-bond acceptors (Lipinski definition) is 8. The van der Waals surface area contributed by atoms with E-state index in [9.17, 15) is 14.4 Å². The minimum Gasteiger partial charge on any atom is -0.490 e. The number of esters is 1. The Bertz CT molecular complexity index is 1620. The molecule has 0 unspecified atom stereocenters. The molecule has 5 rings (SSSR count). The molecule has 2 aromatic carbocycles. The van der Waals surface area contributed by atoms with Gasteiger partial charge >= 0.3 is 12.1 Å². The SMILES string of the molecule is [C-]#[N+]c1ccc2c(c1)nc(COc1ccc(OC3CCN(C(=O)OC(C)(C)C)CC3)cc1)n2CC(=O)NCC1CCC(C(=O)OC)CC1. The van der Waals surface area contributed by atoms with E-state index in [1.807, 2.05) is 55.7 Å². The monoisotopic (exact) mass is 659 g/mol. The van der Waals surface area contributed by atoms with E-state index >= 15 is 0 Å². The molecule has 1 aliphatic carbocycles. The van der Waals surface area contributed by atoms with Crippen molar-refractivity contribution in [2.45, 2.75) is 84.2 Å². The average Bonchev–Trinajstić information content (AvgIpc) is 3.42. The van der Waals surface area contributed by atoms with Gasteiger partial charge in [-0.3, -0.25) is 9.59 Å². The molecule has 2 heterocycles. The van der Waals surface area contributed by atoms with Crippen LogP contribution in [0.2, 0.25) is 0 Å². The zero-order valence-corrected chi connectivity index (χ0v) is 28.2. The highest BCUT2D eigenvalue weighted by atomic mass is 16.6. The molecule has 12 heteroatoms. The number of rotatable bonds is 10. The Labute approximate surface area is 281 Å². The molecule has 1 aliphatic heterocycles. The lowest BCUT2D eigenvalue weighted by atomic mass is 9.82. The zero-order chi connectivity index (χ0) is 34.3. The standard InChI is InChI=1S/C36H45N5O7/c1-36(2,3)48-35(44)40-18-16-29(17-19-40)47-28-13-11-27(12-14-28)46-23-32-39-30-20-26(37-4)10-15-31(30)41(32)22-33(42)38-21-24-6-8-25(9-7-24)34(43)45-5/h10-15,20,24-25,29H,6-9,16-19,21-23H2,1-3,5H3,(H,38,42). The summed E-state index contributed by atoms with van der Waals surface area (Å²) in [4.78, 5) is 47.3. The minimum atomic E-state index is -0.522. The third kappa shape index (κ3) is 9.18. The Hall–Kier alpha value is -4.79. The average molecular weight is 660 g/mol. The number of benzene rings is 2. The second-order valence-corrected chi connectivity index (χ2v) is 13.5. The van der Waals surface area contributed by atoms with Gasteiger partial charge in [0.15, 0.2) is 5.69 Å². The fourth-order valence-electron chi connectivity index (χ4n) is 6.19. The molecule has 2 aliphatic rings. The van der Waals surface area contributed by atoms with Crippen LogP contribution in [-0.4, -0.2) is 70.9 Å². The summed E-state index contributed by atoms with van der Waals surface area (Å²) in [7, 11) is 1.42. The van der Waals surface area contributed by atoms with Crippen LogP contribution in [-0.2, 0) is 32.2 Å². The maximum atomic E-state index is 13.1. The molecule has 0 radical (unpaired) electrons. The van der Waals surface area contributed by atoms with E-state index in [0.717, 1.165) is 31.2 Å². The quantitative estimate of drug-likeness (QED) is 0.206. The van der Waals surface area contributed by atoms with Crippen LogP contribution >= 0.6 is 0 Å². The highest BCUT2D eigenvalue weighted by Gasteiger charge is 2.29. The first-order valence-corrected chi connectivity index (χ1v) is 16.6. The molecular formula is C36H45N5O7. The predicted molar refractivity (Wildman–Crippen MR) is 179 cm³/mol. The summed E-state index contributed by atoms with van der Waals surface area (Å²) >= 11 is 0. The summed E-state index contributed by atoms with van der Waals surface area (Å²) in [6.07, 6.45) is 4.41. The third-order valence-electron chi connectivity index (χ3n) is 8.80. The lowest BCUT2D eigenvalue weighted by molar-refractivity contribution is -0.146. The van der Waals surface area contributed by atoms with Gasteiger partial charge in [-0.05, 0) is 88.8 Å². The summed E-state index contributed by atoms with van der Waals surface area (Å²) in [6, 6.07) is 12.6. The van der Waals surface area contributed by atoms with Gasteiger partial charge < -0.3 is 33.7 Å². The molecule has 12 nitrogen and oxygen atoms in total. The second-order valence-electron chi connectivity index (χ2n) is 13.5. The first-order valence-electron chi connectivity index (χ1n) is 16.6. The molecule has 256 valence electrons. The summed E-state index contributed by atoms with van der Waals surface area (Å²) in [5, 5.41) is 3.06. The van der Waals surface area contributed by atoms with Crippen LogP contribution in [0.1, 0.15) is 65.1 Å². The number of aromatic nitrogens is 2. The van der Waals surface area contributed by atoms with Gasteiger partial charge in [-0.25, -0.2) is 14.6 Å². The Morgan fingerprint density at radius 3 is 2.31 bits per heavy atom. The molecule has 0 bridgehead atoms. The Kier molecular flexibility index (Phi) is 11.1. The molecule has 2 fully saturated rings. The van der Waals surface area contributed by atoms with Crippen LogP contribution in [0.3, 0.4) is 0 Å². The van der Waals surface area contributed by atoms with Crippen molar-refractivity contribution in [3.8, 4) is 11.5 Å². The number of hydrogen-bond donors (Lipinski definition) is 1. The van der Waals surface area contributed by atoms with Crippen molar-refractivity contribution < 1.29 is 33.3 Å². The Morgan fingerprint density at radius 2 is 1.67 bits per heavy atom. The van der Waals surface area contributed by atoms with Crippen molar-refractivity contribution in [2.75, 3.05) is 26.7 Å². The normalized spacial score (nSPS) is 18.5. The number of likely N-dealkylation sites (tertiary alicyclic amines) is 1. The molecular weight excluding hydrogens is 614 g/mol. The van der Waals surface area contributed by atoms with Crippen LogP contribution in [0.25, 0.3) is 15.9 Å². The zero-order valence-electron chi connectivity index (χ0n) is 28.2. The van der Waals surface area contributed by atoms with Crippen LogP contribution in [0.4, 0.5) is 10.5 Å². The van der Waals surface area contributed by atoms with Gasteiger partial charge in [-0.15, -0.1) is 0 Å². The van der Waals surface area contributed by atoms with E-state index in [0.29, 0.717) is 66.9 Å². The van der Waals surface area contributed by atoms with Gasteiger partial charge in [-0.2, -0.15) is 0 Å². The number of piperidine rings is 1. The fraction of sp³-hybridized carbons (Fsp3) is 0.528. The Morgan fingerprint density at radius 1 is 0.979 bits per heavy atom. The second kappa shape index (κ2) is 15.4. The number of carbonyl (C=O) groups is 3. The lowest BCUT2D eigenvalue weighted by Crippen LogP contribution is -2.44. The van der Waals surface area contributed by atoms with Crippen molar-refractivity contribution in [1.29, 1.82) is 0 Å². The number of imidazole rings is 1. The third-order valence-corrected chi connectivity index (χ3v) is 8.80. The van der Waals surface area contributed by atoms with Gasteiger partial charge in [0.25, 0.3) is 0 Å². The number of carbonyl (C=O) groups excluding carboxylic acids is 3. The van der Waals surface area contributed by atoms with Crippen LogP contribution in [0, 0.1) is 18.4 Å². The maximum Gasteiger partial charge on any atom is 0.410 e. The molecule has 1 saturated carbocycles. The molecule has 0 spiro atoms. The van der Waals surface area contributed by atoms with Gasteiger partial charge in [0.1, 0.15) is 42.2 Å². The van der Waals surface area contributed by atoms with Gasteiger partial charge in [-0.1, -0.05) is 6.07 Å².